The summed E-state index contributed by atoms with van der Waals surface area (Å²) >= 11 is 0. The molecule has 0 spiro atoms. The number of nitrogens with zero attached hydrogens (tertiary/aromatic N) is 2. The summed E-state index contributed by atoms with van der Waals surface area (Å²) in [5, 5.41) is 9.32. The van der Waals surface area contributed by atoms with Gasteiger partial charge in [0.15, 0.2) is 0 Å². The number of hydrogen-bond acceptors (Lipinski definition) is 3. The van der Waals surface area contributed by atoms with Gasteiger partial charge in [0.25, 0.3) is 0 Å². The van der Waals surface area contributed by atoms with E-state index in [1.54, 1.807) is 6.07 Å². The number of hydrogen-bond donors (Lipinski definition) is 1. The maximum absolute atomic E-state index is 11.4. The Morgan fingerprint density at radius 1 is 1.39 bits per heavy atom. The van der Waals surface area contributed by atoms with Crippen molar-refractivity contribution in [3.63, 3.8) is 0 Å². The number of carboxylic acid groups (broad SMARTS) is 1. The van der Waals surface area contributed by atoms with Gasteiger partial charge in [-0.15, -0.1) is 0 Å². The lowest BCUT2D eigenvalue weighted by Crippen LogP contribution is -2.31. The molecule has 1 N–H and O–H groups in total. The molecule has 4 heteroatoms. The van der Waals surface area contributed by atoms with E-state index in [4.69, 9.17) is 0 Å². The van der Waals surface area contributed by atoms with Crippen molar-refractivity contribution in [2.45, 2.75) is 34.6 Å². The average molecular weight is 250 g/mol. The molecule has 0 saturated carbocycles. The topological polar surface area (TPSA) is 53.4 Å². The zero-order valence-corrected chi connectivity index (χ0v) is 12.0. The van der Waals surface area contributed by atoms with Crippen molar-refractivity contribution in [3.8, 4) is 0 Å². The number of carbonyl (C=O) groups is 1. The van der Waals surface area contributed by atoms with Crippen molar-refractivity contribution in [1.29, 1.82) is 0 Å². The molecule has 0 aliphatic heterocycles. The van der Waals surface area contributed by atoms with Crippen molar-refractivity contribution >= 4 is 11.8 Å². The second-order valence-electron chi connectivity index (χ2n) is 6.00. The molecule has 4 nitrogen and oxygen atoms in total. The second kappa shape index (κ2) is 4.96. The third kappa shape index (κ3) is 3.45. The van der Waals surface area contributed by atoms with Crippen LogP contribution in [0.5, 0.6) is 0 Å². The number of rotatable bonds is 3. The third-order valence-electron chi connectivity index (χ3n) is 2.61. The largest absolute Gasteiger partial charge is 0.478 e. The molecule has 0 fully saturated rings. The second-order valence-corrected chi connectivity index (χ2v) is 6.00. The van der Waals surface area contributed by atoms with E-state index >= 15 is 0 Å². The first-order valence-electron chi connectivity index (χ1n) is 6.04. The zero-order valence-electron chi connectivity index (χ0n) is 12.0. The van der Waals surface area contributed by atoms with E-state index in [-0.39, 0.29) is 5.41 Å². The lowest BCUT2D eigenvalue weighted by molar-refractivity contribution is 0.0696. The summed E-state index contributed by atoms with van der Waals surface area (Å²) in [6, 6.07) is 1.80. The van der Waals surface area contributed by atoms with Gasteiger partial charge in [-0.25, -0.2) is 9.78 Å². The number of aromatic carboxylic acids is 1. The molecule has 100 valence electrons. The maximum atomic E-state index is 11.4. The third-order valence-corrected chi connectivity index (χ3v) is 2.61. The fourth-order valence-electron chi connectivity index (χ4n) is 2.14. The molecule has 0 saturated heterocycles. The molecular weight excluding hydrogens is 228 g/mol. The first-order chi connectivity index (χ1) is 8.11. The van der Waals surface area contributed by atoms with Crippen molar-refractivity contribution in [2.24, 2.45) is 5.41 Å². The molecule has 1 aromatic heterocycles. The standard InChI is InChI=1S/C14H22N2O2/c1-9-7-10(2)15-12(11(9)13(17)18)16(6)8-14(3,4)5/h7H,8H2,1-6H3,(H,17,18). The first-order valence-corrected chi connectivity index (χ1v) is 6.04. The Labute approximate surface area is 109 Å². The fourth-order valence-corrected chi connectivity index (χ4v) is 2.14. The molecular formula is C14H22N2O2. The summed E-state index contributed by atoms with van der Waals surface area (Å²) in [6.07, 6.45) is 0. The molecule has 0 amide bonds. The molecule has 1 aromatic rings. The minimum atomic E-state index is -0.921. The molecule has 0 atom stereocenters. The zero-order chi connectivity index (χ0) is 14.1. The Kier molecular flexibility index (Phi) is 3.99. The van der Waals surface area contributed by atoms with Crippen LogP contribution in [-0.4, -0.2) is 29.7 Å². The van der Waals surface area contributed by atoms with Gasteiger partial charge in [0.1, 0.15) is 11.4 Å². The molecule has 1 rings (SSSR count). The molecule has 0 unspecified atom stereocenters. The maximum Gasteiger partial charge on any atom is 0.339 e. The van der Waals surface area contributed by atoms with E-state index in [0.29, 0.717) is 11.4 Å². The molecule has 1 heterocycles. The molecule has 0 radical (unpaired) electrons. The molecule has 0 bridgehead atoms. The van der Waals surface area contributed by atoms with Gasteiger partial charge in [-0.05, 0) is 30.9 Å². The lowest BCUT2D eigenvalue weighted by atomic mass is 9.96. The summed E-state index contributed by atoms with van der Waals surface area (Å²) in [6.45, 7) is 10.8. The van der Waals surface area contributed by atoms with Crippen molar-refractivity contribution < 1.29 is 9.90 Å². The van der Waals surface area contributed by atoms with Crippen LogP contribution < -0.4 is 4.90 Å². The highest BCUT2D eigenvalue weighted by Gasteiger charge is 2.22. The smallest absolute Gasteiger partial charge is 0.339 e. The van der Waals surface area contributed by atoms with Gasteiger partial charge in [0.05, 0.1) is 0 Å². The SMILES string of the molecule is Cc1cc(C)c(C(=O)O)c(N(C)CC(C)(C)C)n1. The number of anilines is 1. The lowest BCUT2D eigenvalue weighted by Gasteiger charge is -2.29. The highest BCUT2D eigenvalue weighted by molar-refractivity contribution is 5.95. The van der Waals surface area contributed by atoms with Gasteiger partial charge in [0, 0.05) is 19.3 Å². The first kappa shape index (κ1) is 14.5. The van der Waals surface area contributed by atoms with Crippen LogP contribution in [0, 0.1) is 19.3 Å². The van der Waals surface area contributed by atoms with Crippen LogP contribution in [0.1, 0.15) is 42.4 Å². The van der Waals surface area contributed by atoms with Crippen LogP contribution in [0.15, 0.2) is 6.07 Å². The monoisotopic (exact) mass is 250 g/mol. The van der Waals surface area contributed by atoms with Gasteiger partial charge in [-0.1, -0.05) is 20.8 Å². The van der Waals surface area contributed by atoms with Crippen LogP contribution in [0.25, 0.3) is 0 Å². The minimum absolute atomic E-state index is 0.0872. The van der Waals surface area contributed by atoms with Crippen molar-refractivity contribution in [3.05, 3.63) is 22.9 Å². The van der Waals surface area contributed by atoms with Gasteiger partial charge in [0.2, 0.25) is 0 Å². The van der Waals surface area contributed by atoms with E-state index < -0.39 is 5.97 Å². The minimum Gasteiger partial charge on any atom is -0.478 e. The number of aromatic nitrogens is 1. The van der Waals surface area contributed by atoms with Crippen LogP contribution in [0.2, 0.25) is 0 Å². The fraction of sp³-hybridized carbons (Fsp3) is 0.571. The quantitative estimate of drug-likeness (QED) is 0.896. The Morgan fingerprint density at radius 2 is 1.94 bits per heavy atom. The molecule has 0 aromatic carbocycles. The number of aryl methyl sites for hydroxylation is 2. The van der Waals surface area contributed by atoms with Gasteiger partial charge in [-0.2, -0.15) is 0 Å². The van der Waals surface area contributed by atoms with Gasteiger partial charge in [-0.3, -0.25) is 0 Å². The van der Waals surface area contributed by atoms with Crippen molar-refractivity contribution in [2.75, 3.05) is 18.5 Å². The van der Waals surface area contributed by atoms with E-state index in [1.165, 1.54) is 0 Å². The predicted molar refractivity (Wildman–Crippen MR) is 73.4 cm³/mol. The molecule has 0 aliphatic rings. The Bertz CT molecular complexity index is 462. The van der Waals surface area contributed by atoms with E-state index in [2.05, 4.69) is 25.8 Å². The van der Waals surface area contributed by atoms with Crippen LogP contribution >= 0.6 is 0 Å². The normalized spacial score (nSPS) is 11.4. The summed E-state index contributed by atoms with van der Waals surface area (Å²) in [5.74, 6) is -0.370. The van der Waals surface area contributed by atoms with E-state index in [9.17, 15) is 9.90 Å². The predicted octanol–water partition coefficient (Wildman–Crippen LogP) is 2.88. The highest BCUT2D eigenvalue weighted by atomic mass is 16.4. The van der Waals surface area contributed by atoms with Crippen LogP contribution in [-0.2, 0) is 0 Å². The molecule has 18 heavy (non-hydrogen) atoms. The summed E-state index contributed by atoms with van der Waals surface area (Å²) in [7, 11) is 1.89. The molecule has 0 aliphatic carbocycles. The highest BCUT2D eigenvalue weighted by Crippen LogP contribution is 2.25. The number of pyridine rings is 1. The van der Waals surface area contributed by atoms with Crippen molar-refractivity contribution in [1.82, 2.24) is 4.98 Å². The Balaban J connectivity index is 3.26. The van der Waals surface area contributed by atoms with E-state index in [1.807, 2.05) is 25.8 Å². The Hall–Kier alpha value is -1.58. The van der Waals surface area contributed by atoms with Crippen LogP contribution in [0.3, 0.4) is 0 Å². The summed E-state index contributed by atoms with van der Waals surface area (Å²) in [5.41, 5.74) is 1.98. The summed E-state index contributed by atoms with van der Waals surface area (Å²) in [4.78, 5) is 17.7. The van der Waals surface area contributed by atoms with Crippen LogP contribution in [0.4, 0.5) is 5.82 Å². The van der Waals surface area contributed by atoms with Gasteiger partial charge < -0.3 is 10.0 Å². The van der Waals surface area contributed by atoms with Gasteiger partial charge >= 0.3 is 5.97 Å². The summed E-state index contributed by atoms with van der Waals surface area (Å²) < 4.78 is 0. The number of carboxylic acids is 1. The average Bonchev–Trinajstić information content (AvgIpc) is 2.12. The van der Waals surface area contributed by atoms with E-state index in [0.717, 1.165) is 17.8 Å². The Morgan fingerprint density at radius 3 is 2.39 bits per heavy atom.